The van der Waals surface area contributed by atoms with Crippen molar-refractivity contribution in [1.29, 1.82) is 0 Å². The van der Waals surface area contributed by atoms with Gasteiger partial charge in [0, 0.05) is 11.1 Å². The molecule has 0 saturated carbocycles. The maximum Gasteiger partial charge on any atom is 0.267 e. The van der Waals surface area contributed by atoms with Gasteiger partial charge in [-0.3, -0.25) is 9.69 Å². The molecule has 4 aromatic rings. The Kier molecular flexibility index (Phi) is 5.90. The van der Waals surface area contributed by atoms with E-state index in [0.29, 0.717) is 10.8 Å². The third-order valence-corrected chi connectivity index (χ3v) is 5.63. The topological polar surface area (TPSA) is 55.6 Å². The minimum Gasteiger partial charge on any atom is -0.482 e. The van der Waals surface area contributed by atoms with E-state index in [1.54, 1.807) is 24.3 Å². The van der Waals surface area contributed by atoms with E-state index in [-0.39, 0.29) is 39.3 Å². The summed E-state index contributed by atoms with van der Waals surface area (Å²) in [6, 6.07) is 9.90. The number of ether oxygens (including phenoxy) is 1. The quantitative estimate of drug-likeness (QED) is 0.343. The van der Waals surface area contributed by atoms with Crippen LogP contribution in [0.3, 0.4) is 0 Å². The zero-order valence-corrected chi connectivity index (χ0v) is 17.4. The average molecular weight is 469 g/mol. The number of anilines is 1. The molecule has 10 heteroatoms. The lowest BCUT2D eigenvalue weighted by Crippen LogP contribution is -2.34. The lowest BCUT2D eigenvalue weighted by atomic mass is 10.3. The molecule has 0 N–H and O–H groups in total. The third kappa shape index (κ3) is 4.40. The van der Waals surface area contributed by atoms with Crippen LogP contribution < -0.4 is 9.64 Å². The molecule has 5 nitrogen and oxygen atoms in total. The molecule has 0 aliphatic heterocycles. The highest BCUT2D eigenvalue weighted by molar-refractivity contribution is 7.22. The van der Waals surface area contributed by atoms with Crippen LogP contribution in [0.4, 0.5) is 13.9 Å². The van der Waals surface area contributed by atoms with E-state index in [2.05, 4.69) is 4.98 Å². The van der Waals surface area contributed by atoms with E-state index in [1.807, 2.05) is 0 Å². The fraction of sp³-hybridized carbons (Fsp3) is 0.100. The Morgan fingerprint density at radius 3 is 2.77 bits per heavy atom. The van der Waals surface area contributed by atoms with Crippen molar-refractivity contribution >= 4 is 55.8 Å². The first-order valence-electron chi connectivity index (χ1n) is 8.57. The van der Waals surface area contributed by atoms with Crippen molar-refractivity contribution in [3.05, 3.63) is 76.2 Å². The number of nitrogens with zero attached hydrogens (tertiary/aromatic N) is 2. The molecule has 4 rings (SSSR count). The number of rotatable bonds is 6. The van der Waals surface area contributed by atoms with Gasteiger partial charge in [0.15, 0.2) is 17.6 Å². The normalized spacial score (nSPS) is 11.1. The van der Waals surface area contributed by atoms with Crippen LogP contribution in [0.25, 0.3) is 10.2 Å². The molecule has 0 aliphatic rings. The smallest absolute Gasteiger partial charge is 0.267 e. The molecule has 2 heterocycles. The minimum atomic E-state index is -0.804. The van der Waals surface area contributed by atoms with E-state index < -0.39 is 17.5 Å². The SMILES string of the molecule is O=C(COc1ccc(Cl)cc1Cl)N(Cc1ccco1)c1nc2c(F)cc(F)cc2s1. The summed E-state index contributed by atoms with van der Waals surface area (Å²) < 4.78 is 38.7. The molecule has 0 aliphatic carbocycles. The Bertz CT molecular complexity index is 1210. The lowest BCUT2D eigenvalue weighted by molar-refractivity contribution is -0.120. The Balaban J connectivity index is 1.62. The summed E-state index contributed by atoms with van der Waals surface area (Å²) in [6.07, 6.45) is 1.47. The number of halogens is 4. The molecule has 0 radical (unpaired) electrons. The first kappa shape index (κ1) is 20.6. The average Bonchev–Trinajstić information content (AvgIpc) is 3.34. The molecule has 0 spiro atoms. The number of aromatic nitrogens is 1. The van der Waals surface area contributed by atoms with Gasteiger partial charge in [-0.25, -0.2) is 13.8 Å². The van der Waals surface area contributed by atoms with Crippen molar-refractivity contribution in [2.75, 3.05) is 11.5 Å². The largest absolute Gasteiger partial charge is 0.482 e. The number of hydrogen-bond donors (Lipinski definition) is 0. The summed E-state index contributed by atoms with van der Waals surface area (Å²) in [5, 5.41) is 0.869. The van der Waals surface area contributed by atoms with Gasteiger partial charge in [0.2, 0.25) is 0 Å². The van der Waals surface area contributed by atoms with Gasteiger partial charge in [-0.2, -0.15) is 0 Å². The highest BCUT2D eigenvalue weighted by Gasteiger charge is 2.23. The summed E-state index contributed by atoms with van der Waals surface area (Å²) >= 11 is 12.9. The second-order valence-corrected chi connectivity index (χ2v) is 8.01. The van der Waals surface area contributed by atoms with Crippen molar-refractivity contribution in [2.24, 2.45) is 0 Å². The van der Waals surface area contributed by atoms with Crippen molar-refractivity contribution < 1.29 is 22.7 Å². The number of fused-ring (bicyclic) bond motifs is 1. The van der Waals surface area contributed by atoms with Crippen molar-refractivity contribution in [3.8, 4) is 5.75 Å². The van der Waals surface area contributed by atoms with Crippen LogP contribution in [0.2, 0.25) is 10.0 Å². The second-order valence-electron chi connectivity index (χ2n) is 6.15. The summed E-state index contributed by atoms with van der Waals surface area (Å²) in [6.45, 7) is -0.331. The van der Waals surface area contributed by atoms with Gasteiger partial charge < -0.3 is 9.15 Å². The predicted octanol–water partition coefficient (Wildman–Crippen LogP) is 6.09. The monoisotopic (exact) mass is 468 g/mol. The van der Waals surface area contributed by atoms with Crippen LogP contribution in [0.1, 0.15) is 5.76 Å². The van der Waals surface area contributed by atoms with Crippen LogP contribution in [0.15, 0.2) is 53.1 Å². The molecule has 0 saturated heterocycles. The number of furan rings is 1. The molecule has 0 bridgehead atoms. The van der Waals surface area contributed by atoms with E-state index in [9.17, 15) is 13.6 Å². The predicted molar refractivity (Wildman–Crippen MR) is 111 cm³/mol. The maximum atomic E-state index is 14.1. The van der Waals surface area contributed by atoms with Crippen LogP contribution in [-0.4, -0.2) is 17.5 Å². The summed E-state index contributed by atoms with van der Waals surface area (Å²) in [5.74, 6) is -1.23. The number of thiazole rings is 1. The van der Waals surface area contributed by atoms with Gasteiger partial charge in [-0.15, -0.1) is 0 Å². The lowest BCUT2D eigenvalue weighted by Gasteiger charge is -2.19. The van der Waals surface area contributed by atoms with E-state index in [1.165, 1.54) is 23.3 Å². The third-order valence-electron chi connectivity index (χ3n) is 4.07. The summed E-state index contributed by atoms with van der Waals surface area (Å²) in [7, 11) is 0. The van der Waals surface area contributed by atoms with Crippen LogP contribution in [0, 0.1) is 11.6 Å². The molecule has 154 valence electrons. The molecule has 0 unspecified atom stereocenters. The Labute approximate surface area is 183 Å². The van der Waals surface area contributed by atoms with Gasteiger partial charge in [0.05, 0.1) is 22.5 Å². The van der Waals surface area contributed by atoms with Crippen molar-refractivity contribution in [2.45, 2.75) is 6.54 Å². The minimum absolute atomic E-state index is 0.0182. The summed E-state index contributed by atoms with van der Waals surface area (Å²) in [5.41, 5.74) is -0.0182. The standard InChI is InChI=1S/C20H12Cl2F2N2O3S/c21-11-3-4-16(14(22)6-11)29-10-18(27)26(9-13-2-1-5-28-13)20-25-19-15(24)7-12(23)8-17(19)30-20/h1-8H,9-10H2. The summed E-state index contributed by atoms with van der Waals surface area (Å²) in [4.78, 5) is 18.4. The number of benzene rings is 2. The fourth-order valence-corrected chi connectivity index (χ4v) is 4.18. The van der Waals surface area contributed by atoms with Crippen LogP contribution in [0.5, 0.6) is 5.75 Å². The van der Waals surface area contributed by atoms with E-state index in [0.717, 1.165) is 17.4 Å². The molecule has 30 heavy (non-hydrogen) atoms. The first-order chi connectivity index (χ1) is 14.4. The zero-order valence-electron chi connectivity index (χ0n) is 15.1. The first-order valence-corrected chi connectivity index (χ1v) is 10.1. The van der Waals surface area contributed by atoms with Crippen molar-refractivity contribution in [1.82, 2.24) is 4.98 Å². The maximum absolute atomic E-state index is 14.1. The molecule has 2 aromatic carbocycles. The van der Waals surface area contributed by atoms with Gasteiger partial charge >= 0.3 is 0 Å². The Morgan fingerprint density at radius 2 is 2.03 bits per heavy atom. The molecule has 0 fully saturated rings. The number of carbonyl (C=O) groups is 1. The molecule has 2 aromatic heterocycles. The van der Waals surface area contributed by atoms with Gasteiger partial charge in [0.25, 0.3) is 5.91 Å². The van der Waals surface area contributed by atoms with Gasteiger partial charge in [0.1, 0.15) is 22.8 Å². The van der Waals surface area contributed by atoms with E-state index in [4.69, 9.17) is 32.4 Å². The highest BCUT2D eigenvalue weighted by atomic mass is 35.5. The van der Waals surface area contributed by atoms with E-state index >= 15 is 0 Å². The molecule has 0 atom stereocenters. The van der Waals surface area contributed by atoms with Crippen LogP contribution in [-0.2, 0) is 11.3 Å². The highest BCUT2D eigenvalue weighted by Crippen LogP contribution is 2.32. The molecular weight excluding hydrogens is 457 g/mol. The Morgan fingerprint density at radius 1 is 1.20 bits per heavy atom. The Hall–Kier alpha value is -2.68. The number of amides is 1. The van der Waals surface area contributed by atoms with Gasteiger partial charge in [-0.05, 0) is 36.4 Å². The second kappa shape index (κ2) is 8.59. The van der Waals surface area contributed by atoms with Gasteiger partial charge in [-0.1, -0.05) is 34.5 Å². The number of carbonyl (C=O) groups excluding carboxylic acids is 1. The fourth-order valence-electron chi connectivity index (χ4n) is 2.69. The molecule has 1 amide bonds. The van der Waals surface area contributed by atoms with Crippen LogP contribution >= 0.6 is 34.5 Å². The number of hydrogen-bond acceptors (Lipinski definition) is 5. The molecular formula is C20H12Cl2F2N2O3S. The zero-order chi connectivity index (χ0) is 21.3. The van der Waals surface area contributed by atoms with Crippen molar-refractivity contribution in [3.63, 3.8) is 0 Å².